The van der Waals surface area contributed by atoms with Crippen molar-refractivity contribution in [1.82, 2.24) is 20.1 Å². The van der Waals surface area contributed by atoms with Crippen molar-refractivity contribution in [3.63, 3.8) is 0 Å². The average molecular weight is 492 g/mol. The van der Waals surface area contributed by atoms with Gasteiger partial charge >= 0.3 is 0 Å². The summed E-state index contributed by atoms with van der Waals surface area (Å²) in [6.45, 7) is -0.243. The molecule has 3 aromatic carbocycles. The molecule has 0 saturated heterocycles. The monoisotopic (exact) mass is 491 g/mol. The first-order chi connectivity index (χ1) is 16.8. The zero-order valence-electron chi connectivity index (χ0n) is 18.8. The lowest BCUT2D eigenvalue weighted by atomic mass is 10.1. The molecule has 0 saturated carbocycles. The maximum Gasteiger partial charge on any atom is 0.291 e. The molecule has 0 aliphatic rings. The van der Waals surface area contributed by atoms with Crippen molar-refractivity contribution in [2.24, 2.45) is 5.14 Å². The number of aromatic nitrogens is 3. The Morgan fingerprint density at radius 3 is 2.11 bits per heavy atom. The van der Waals surface area contributed by atoms with Crippen LogP contribution in [0.25, 0.3) is 5.69 Å². The highest BCUT2D eigenvalue weighted by Crippen LogP contribution is 2.17. The Morgan fingerprint density at radius 1 is 0.943 bits per heavy atom. The molecule has 1 heterocycles. The number of hydrogen-bond donors (Lipinski definition) is 3. The van der Waals surface area contributed by atoms with Crippen LogP contribution in [0, 0.1) is 0 Å². The lowest BCUT2D eigenvalue weighted by Gasteiger charge is -2.15. The number of benzene rings is 3. The Balaban J connectivity index is 1.62. The molecule has 0 aliphatic carbocycles. The predicted molar refractivity (Wildman–Crippen MR) is 130 cm³/mol. The Labute approximate surface area is 203 Å². The van der Waals surface area contributed by atoms with E-state index in [1.165, 1.54) is 16.8 Å². The second kappa shape index (κ2) is 10.6. The number of nitrogens with two attached hydrogens (primary N) is 1. The normalized spacial score (nSPS) is 12.3. The third-order valence-electron chi connectivity index (χ3n) is 5.37. The lowest BCUT2D eigenvalue weighted by molar-refractivity contribution is 0.0906. The minimum absolute atomic E-state index is 0.0318. The van der Waals surface area contributed by atoms with E-state index in [1.807, 2.05) is 60.7 Å². The molecule has 1 unspecified atom stereocenters. The zero-order chi connectivity index (χ0) is 24.8. The number of amides is 1. The van der Waals surface area contributed by atoms with E-state index in [9.17, 15) is 18.3 Å². The van der Waals surface area contributed by atoms with Crippen LogP contribution in [-0.4, -0.2) is 46.8 Å². The maximum atomic E-state index is 13.0. The first-order valence-corrected chi connectivity index (χ1v) is 12.5. The number of sulfonamides is 1. The molecule has 180 valence electrons. The van der Waals surface area contributed by atoms with Crippen LogP contribution >= 0.6 is 0 Å². The van der Waals surface area contributed by atoms with Crippen LogP contribution in [0.5, 0.6) is 0 Å². The van der Waals surface area contributed by atoms with E-state index in [-0.39, 0.29) is 17.3 Å². The summed E-state index contributed by atoms with van der Waals surface area (Å²) in [4.78, 5) is 17.4. The maximum absolute atomic E-state index is 13.0. The molecular formula is C25H25N5O4S. The van der Waals surface area contributed by atoms with Gasteiger partial charge in [0.15, 0.2) is 0 Å². The lowest BCUT2D eigenvalue weighted by Crippen LogP contribution is -2.39. The SMILES string of the molecule is NS(=O)(=O)c1ccc(-n2nc(C(=O)NC(CO)Cc3ccccc3)nc2Cc2ccccc2)cc1. The number of nitrogens with one attached hydrogen (secondary N) is 1. The molecule has 0 spiro atoms. The fourth-order valence-electron chi connectivity index (χ4n) is 3.63. The molecule has 4 aromatic rings. The van der Waals surface area contributed by atoms with Gasteiger partial charge < -0.3 is 10.4 Å². The number of aliphatic hydroxyl groups is 1. The minimum atomic E-state index is -3.84. The largest absolute Gasteiger partial charge is 0.394 e. The average Bonchev–Trinajstić information content (AvgIpc) is 3.28. The number of hydrogen-bond acceptors (Lipinski definition) is 6. The van der Waals surface area contributed by atoms with Crippen molar-refractivity contribution >= 4 is 15.9 Å². The fraction of sp³-hybridized carbons (Fsp3) is 0.160. The molecule has 4 N–H and O–H groups in total. The number of nitrogens with zero attached hydrogens (tertiary/aromatic N) is 3. The number of aliphatic hydroxyl groups excluding tert-OH is 1. The minimum Gasteiger partial charge on any atom is -0.394 e. The van der Waals surface area contributed by atoms with E-state index in [0.717, 1.165) is 11.1 Å². The van der Waals surface area contributed by atoms with Crippen molar-refractivity contribution in [2.75, 3.05) is 6.61 Å². The number of primary sulfonamides is 1. The second-order valence-electron chi connectivity index (χ2n) is 8.01. The standard InChI is InChI=1S/C25H25N5O4S/c26-35(33,34)22-13-11-21(12-14-22)30-23(16-19-9-5-2-6-10-19)28-24(29-30)25(32)27-20(17-31)15-18-7-3-1-4-8-18/h1-14,20,31H,15-17H2,(H,27,32)(H2,26,33,34). The fourth-order valence-corrected chi connectivity index (χ4v) is 4.14. The van der Waals surface area contributed by atoms with Gasteiger partial charge in [-0.25, -0.2) is 23.2 Å². The molecule has 4 rings (SSSR count). The Hall–Kier alpha value is -3.86. The van der Waals surface area contributed by atoms with Crippen LogP contribution < -0.4 is 10.5 Å². The summed E-state index contributed by atoms with van der Waals surface area (Å²) in [5.74, 6) is -0.0829. The summed E-state index contributed by atoms with van der Waals surface area (Å²) in [7, 11) is -3.84. The first kappa shape index (κ1) is 24.3. The highest BCUT2D eigenvalue weighted by Gasteiger charge is 2.21. The van der Waals surface area contributed by atoms with E-state index >= 15 is 0 Å². The topological polar surface area (TPSA) is 140 Å². The first-order valence-electron chi connectivity index (χ1n) is 10.9. The number of carbonyl (C=O) groups is 1. The van der Waals surface area contributed by atoms with Crippen molar-refractivity contribution in [3.05, 3.63) is 108 Å². The summed E-state index contributed by atoms with van der Waals surface area (Å²) >= 11 is 0. The Morgan fingerprint density at radius 2 is 1.54 bits per heavy atom. The van der Waals surface area contributed by atoms with Crippen molar-refractivity contribution < 1.29 is 18.3 Å². The van der Waals surface area contributed by atoms with E-state index < -0.39 is 22.0 Å². The Kier molecular flexibility index (Phi) is 7.35. The van der Waals surface area contributed by atoms with Gasteiger partial charge in [-0.1, -0.05) is 60.7 Å². The molecule has 0 bridgehead atoms. The van der Waals surface area contributed by atoms with Crippen LogP contribution in [-0.2, 0) is 22.9 Å². The van der Waals surface area contributed by atoms with Crippen LogP contribution in [0.3, 0.4) is 0 Å². The van der Waals surface area contributed by atoms with Gasteiger partial charge in [-0.15, -0.1) is 5.10 Å². The van der Waals surface area contributed by atoms with Gasteiger partial charge in [-0.2, -0.15) is 0 Å². The van der Waals surface area contributed by atoms with Gasteiger partial charge in [-0.3, -0.25) is 4.79 Å². The van der Waals surface area contributed by atoms with Gasteiger partial charge in [0.1, 0.15) is 5.82 Å². The molecule has 0 aliphatic heterocycles. The summed E-state index contributed by atoms with van der Waals surface area (Å²) in [6, 6.07) is 24.5. The molecular weight excluding hydrogens is 466 g/mol. The predicted octanol–water partition coefficient (Wildman–Crippen LogP) is 1.84. The molecule has 1 aromatic heterocycles. The van der Waals surface area contributed by atoms with Gasteiger partial charge in [0.2, 0.25) is 15.8 Å². The summed E-state index contributed by atoms with van der Waals surface area (Å²) in [5, 5.41) is 22.2. The summed E-state index contributed by atoms with van der Waals surface area (Å²) in [5.41, 5.74) is 2.47. The Bertz CT molecular complexity index is 1390. The highest BCUT2D eigenvalue weighted by molar-refractivity contribution is 7.89. The molecule has 10 heteroatoms. The number of rotatable bonds is 9. The van der Waals surface area contributed by atoms with Crippen LogP contribution in [0.1, 0.15) is 27.6 Å². The molecule has 1 amide bonds. The summed E-state index contributed by atoms with van der Waals surface area (Å²) in [6.07, 6.45) is 0.848. The molecule has 0 radical (unpaired) electrons. The summed E-state index contributed by atoms with van der Waals surface area (Å²) < 4.78 is 24.7. The van der Waals surface area contributed by atoms with E-state index in [1.54, 1.807) is 12.1 Å². The third-order valence-corrected chi connectivity index (χ3v) is 6.30. The number of carbonyl (C=O) groups excluding carboxylic acids is 1. The van der Waals surface area contributed by atoms with E-state index in [2.05, 4.69) is 15.4 Å². The van der Waals surface area contributed by atoms with Crippen molar-refractivity contribution in [3.8, 4) is 5.69 Å². The quantitative estimate of drug-likeness (QED) is 0.326. The van der Waals surface area contributed by atoms with E-state index in [0.29, 0.717) is 24.4 Å². The third kappa shape index (κ3) is 6.18. The molecule has 9 nitrogen and oxygen atoms in total. The van der Waals surface area contributed by atoms with Crippen molar-refractivity contribution in [1.29, 1.82) is 0 Å². The van der Waals surface area contributed by atoms with Gasteiger partial charge in [0.05, 0.1) is 23.2 Å². The molecule has 35 heavy (non-hydrogen) atoms. The molecule has 0 fully saturated rings. The van der Waals surface area contributed by atoms with Crippen LogP contribution in [0.15, 0.2) is 89.8 Å². The highest BCUT2D eigenvalue weighted by atomic mass is 32.2. The van der Waals surface area contributed by atoms with Gasteiger partial charge in [0, 0.05) is 6.42 Å². The van der Waals surface area contributed by atoms with E-state index in [4.69, 9.17) is 5.14 Å². The van der Waals surface area contributed by atoms with Crippen LogP contribution in [0.2, 0.25) is 0 Å². The van der Waals surface area contributed by atoms with Gasteiger partial charge in [0.25, 0.3) is 5.91 Å². The van der Waals surface area contributed by atoms with Crippen LogP contribution in [0.4, 0.5) is 0 Å². The zero-order valence-corrected chi connectivity index (χ0v) is 19.6. The van der Waals surface area contributed by atoms with Crippen molar-refractivity contribution in [2.45, 2.75) is 23.8 Å². The smallest absolute Gasteiger partial charge is 0.291 e. The van der Waals surface area contributed by atoms with Gasteiger partial charge in [-0.05, 0) is 41.8 Å². The molecule has 1 atom stereocenters. The second-order valence-corrected chi connectivity index (χ2v) is 9.57.